The van der Waals surface area contributed by atoms with Crippen LogP contribution in [0.1, 0.15) is 11.1 Å². The molecular weight excluding hydrogens is 315 g/mol. The molecular formula is C19H15F3NO+. The molecule has 2 nitrogen and oxygen atoms in total. The molecule has 0 spiro atoms. The molecule has 0 fully saturated rings. The zero-order valence-corrected chi connectivity index (χ0v) is 12.7. The molecule has 0 aliphatic rings. The standard InChI is InChI=1S/C19H14F3NO/c20-19(21,22)16-10-8-15(9-11-16)18-17(24)7-4-12-23(18)13-14-5-2-1-3-6-14/h1-12H,13H2/p+1. The van der Waals surface area contributed by atoms with Gasteiger partial charge in [-0.1, -0.05) is 30.3 Å². The van der Waals surface area contributed by atoms with Crippen LogP contribution in [0, 0.1) is 0 Å². The Kier molecular flexibility index (Phi) is 4.25. The van der Waals surface area contributed by atoms with E-state index in [-0.39, 0.29) is 5.75 Å². The number of alkyl halides is 3. The highest BCUT2D eigenvalue weighted by Gasteiger charge is 2.30. The second kappa shape index (κ2) is 6.35. The van der Waals surface area contributed by atoms with Gasteiger partial charge in [0, 0.05) is 11.6 Å². The SMILES string of the molecule is Oc1ccc[n+](Cc2ccccc2)c1-c1ccc(C(F)(F)F)cc1. The van der Waals surface area contributed by atoms with Crippen LogP contribution in [-0.4, -0.2) is 5.11 Å². The lowest BCUT2D eigenvalue weighted by molar-refractivity contribution is -0.677. The van der Waals surface area contributed by atoms with Gasteiger partial charge < -0.3 is 5.11 Å². The van der Waals surface area contributed by atoms with E-state index in [2.05, 4.69) is 0 Å². The number of aromatic nitrogens is 1. The maximum absolute atomic E-state index is 12.7. The van der Waals surface area contributed by atoms with Gasteiger partial charge in [-0.15, -0.1) is 0 Å². The first kappa shape index (κ1) is 16.1. The van der Waals surface area contributed by atoms with Gasteiger partial charge in [-0.05, 0) is 30.3 Å². The Bertz CT molecular complexity index is 827. The zero-order chi connectivity index (χ0) is 17.2. The molecule has 2 aromatic carbocycles. The van der Waals surface area contributed by atoms with Crippen LogP contribution in [0.25, 0.3) is 11.3 Å². The number of pyridine rings is 1. The van der Waals surface area contributed by atoms with Crippen molar-refractivity contribution in [1.82, 2.24) is 0 Å². The lowest BCUT2D eigenvalue weighted by Gasteiger charge is -2.09. The normalized spacial score (nSPS) is 11.5. The van der Waals surface area contributed by atoms with Crippen molar-refractivity contribution in [3.8, 4) is 17.0 Å². The van der Waals surface area contributed by atoms with Crippen LogP contribution < -0.4 is 4.57 Å². The van der Waals surface area contributed by atoms with E-state index in [4.69, 9.17) is 0 Å². The molecule has 0 saturated carbocycles. The van der Waals surface area contributed by atoms with Gasteiger partial charge in [0.2, 0.25) is 0 Å². The molecule has 0 unspecified atom stereocenters. The molecule has 0 atom stereocenters. The predicted molar refractivity (Wildman–Crippen MR) is 84.3 cm³/mol. The Morgan fingerprint density at radius 3 is 2.12 bits per heavy atom. The average Bonchev–Trinajstić information content (AvgIpc) is 2.55. The number of nitrogens with zero attached hydrogens (tertiary/aromatic N) is 1. The van der Waals surface area contributed by atoms with Crippen molar-refractivity contribution in [2.24, 2.45) is 0 Å². The first-order valence-electron chi connectivity index (χ1n) is 7.38. The van der Waals surface area contributed by atoms with Crippen molar-refractivity contribution in [1.29, 1.82) is 0 Å². The Morgan fingerprint density at radius 1 is 0.833 bits per heavy atom. The first-order valence-corrected chi connectivity index (χ1v) is 7.38. The second-order valence-electron chi connectivity index (χ2n) is 5.43. The molecule has 0 radical (unpaired) electrons. The van der Waals surface area contributed by atoms with Crippen LogP contribution in [0.3, 0.4) is 0 Å². The minimum absolute atomic E-state index is 0.0215. The van der Waals surface area contributed by atoms with Crippen molar-refractivity contribution in [2.45, 2.75) is 12.7 Å². The Balaban J connectivity index is 2.01. The van der Waals surface area contributed by atoms with E-state index in [1.54, 1.807) is 12.3 Å². The van der Waals surface area contributed by atoms with Gasteiger partial charge in [-0.3, -0.25) is 0 Å². The van der Waals surface area contributed by atoms with Gasteiger partial charge in [0.05, 0.1) is 11.1 Å². The molecule has 0 amide bonds. The highest BCUT2D eigenvalue weighted by Crippen LogP contribution is 2.32. The Hall–Kier alpha value is -2.82. The van der Waals surface area contributed by atoms with Crippen LogP contribution in [0.4, 0.5) is 13.2 Å². The fraction of sp³-hybridized carbons (Fsp3) is 0.105. The quantitative estimate of drug-likeness (QED) is 0.707. The summed E-state index contributed by atoms with van der Waals surface area (Å²) in [4.78, 5) is 0. The summed E-state index contributed by atoms with van der Waals surface area (Å²) in [5.41, 5.74) is 1.32. The summed E-state index contributed by atoms with van der Waals surface area (Å²) in [5, 5.41) is 10.2. The van der Waals surface area contributed by atoms with Gasteiger partial charge in [0.15, 0.2) is 18.5 Å². The van der Waals surface area contributed by atoms with Crippen molar-refractivity contribution in [3.05, 3.63) is 84.1 Å². The molecule has 0 aliphatic heterocycles. The Morgan fingerprint density at radius 2 is 1.50 bits per heavy atom. The van der Waals surface area contributed by atoms with E-state index < -0.39 is 11.7 Å². The number of rotatable bonds is 3. The summed E-state index contributed by atoms with van der Waals surface area (Å²) >= 11 is 0. The lowest BCUT2D eigenvalue weighted by atomic mass is 10.1. The van der Waals surface area contributed by atoms with E-state index in [1.165, 1.54) is 18.2 Å². The molecule has 1 heterocycles. The monoisotopic (exact) mass is 330 g/mol. The molecule has 24 heavy (non-hydrogen) atoms. The number of aromatic hydroxyl groups is 1. The summed E-state index contributed by atoms with van der Waals surface area (Å²) in [6.07, 6.45) is -2.59. The third-order valence-electron chi connectivity index (χ3n) is 3.73. The maximum atomic E-state index is 12.7. The van der Waals surface area contributed by atoms with Gasteiger partial charge in [0.25, 0.3) is 5.69 Å². The molecule has 122 valence electrons. The molecule has 5 heteroatoms. The number of halogens is 3. The van der Waals surface area contributed by atoms with E-state index in [0.29, 0.717) is 17.8 Å². The van der Waals surface area contributed by atoms with Gasteiger partial charge in [0.1, 0.15) is 0 Å². The lowest BCUT2D eigenvalue weighted by Crippen LogP contribution is -2.36. The fourth-order valence-corrected chi connectivity index (χ4v) is 2.58. The molecule has 3 aromatic rings. The van der Waals surface area contributed by atoms with Crippen LogP contribution >= 0.6 is 0 Å². The third kappa shape index (κ3) is 3.40. The van der Waals surface area contributed by atoms with E-state index in [1.807, 2.05) is 34.9 Å². The number of hydrogen-bond acceptors (Lipinski definition) is 1. The summed E-state index contributed by atoms with van der Waals surface area (Å²) in [7, 11) is 0. The van der Waals surface area contributed by atoms with E-state index in [0.717, 1.165) is 17.7 Å². The van der Waals surface area contributed by atoms with E-state index >= 15 is 0 Å². The zero-order valence-electron chi connectivity index (χ0n) is 12.7. The number of benzene rings is 2. The summed E-state index contributed by atoms with van der Waals surface area (Å²) in [6.45, 7) is 0.506. The average molecular weight is 330 g/mol. The van der Waals surface area contributed by atoms with Crippen LogP contribution in [0.2, 0.25) is 0 Å². The fourth-order valence-electron chi connectivity index (χ4n) is 2.58. The largest absolute Gasteiger partial charge is 0.502 e. The van der Waals surface area contributed by atoms with Gasteiger partial charge in [-0.2, -0.15) is 17.7 Å². The first-order chi connectivity index (χ1) is 11.4. The second-order valence-corrected chi connectivity index (χ2v) is 5.43. The molecule has 1 aromatic heterocycles. The molecule has 3 rings (SSSR count). The highest BCUT2D eigenvalue weighted by molar-refractivity contribution is 5.63. The topological polar surface area (TPSA) is 24.1 Å². The van der Waals surface area contributed by atoms with Crippen molar-refractivity contribution in [3.63, 3.8) is 0 Å². The predicted octanol–water partition coefficient (Wildman–Crippen LogP) is 4.41. The highest BCUT2D eigenvalue weighted by atomic mass is 19.4. The van der Waals surface area contributed by atoms with Crippen LogP contribution in [0.5, 0.6) is 5.75 Å². The molecule has 0 bridgehead atoms. The van der Waals surface area contributed by atoms with Crippen LogP contribution in [0.15, 0.2) is 72.9 Å². The smallest absolute Gasteiger partial charge is 0.416 e. The molecule has 0 saturated heterocycles. The molecule has 0 aliphatic carbocycles. The number of hydrogen-bond donors (Lipinski definition) is 1. The minimum atomic E-state index is -4.38. The Labute approximate surface area is 137 Å². The maximum Gasteiger partial charge on any atom is 0.416 e. The van der Waals surface area contributed by atoms with Gasteiger partial charge in [-0.25, -0.2) is 0 Å². The molecule has 1 N–H and O–H groups in total. The van der Waals surface area contributed by atoms with Crippen molar-refractivity contribution in [2.75, 3.05) is 0 Å². The third-order valence-corrected chi connectivity index (χ3v) is 3.73. The van der Waals surface area contributed by atoms with Crippen molar-refractivity contribution < 1.29 is 22.8 Å². The van der Waals surface area contributed by atoms with Gasteiger partial charge >= 0.3 is 6.18 Å². The summed E-state index contributed by atoms with van der Waals surface area (Å²) in [6, 6.07) is 17.7. The van der Waals surface area contributed by atoms with E-state index in [9.17, 15) is 18.3 Å². The minimum Gasteiger partial charge on any atom is -0.502 e. The summed E-state index contributed by atoms with van der Waals surface area (Å²) < 4.78 is 40.0. The van der Waals surface area contributed by atoms with Crippen LogP contribution in [-0.2, 0) is 12.7 Å². The summed E-state index contributed by atoms with van der Waals surface area (Å²) in [5.74, 6) is 0.0215. The van der Waals surface area contributed by atoms with Crippen molar-refractivity contribution >= 4 is 0 Å².